The van der Waals surface area contributed by atoms with Crippen LogP contribution in [0.25, 0.3) is 0 Å². The standard InChI is InChI=1S/C7H14Se/c1-5-6-7(2,3)8-4/h5H,1,6H2,2-4H3. The molecule has 0 fully saturated rings. The summed E-state index contributed by atoms with van der Waals surface area (Å²) in [5.74, 6) is 2.27. The Kier molecular flexibility index (Phi) is 3.43. The van der Waals surface area contributed by atoms with Crippen molar-refractivity contribution in [3.63, 3.8) is 0 Å². The SMILES string of the molecule is C=CCC(C)(C)[Se]C. The Bertz CT molecular complexity index is 74.5. The fourth-order valence-corrected chi connectivity index (χ4v) is 1.03. The van der Waals surface area contributed by atoms with Crippen molar-refractivity contribution in [3.05, 3.63) is 12.7 Å². The van der Waals surface area contributed by atoms with Crippen LogP contribution in [0.4, 0.5) is 0 Å². The van der Waals surface area contributed by atoms with Gasteiger partial charge in [-0.1, -0.05) is 0 Å². The minimum atomic E-state index is 0.536. The van der Waals surface area contributed by atoms with Crippen molar-refractivity contribution in [1.82, 2.24) is 0 Å². The number of hydrogen-bond donors (Lipinski definition) is 0. The second-order valence-electron chi connectivity index (χ2n) is 2.46. The molecular weight excluding hydrogens is 163 g/mol. The van der Waals surface area contributed by atoms with Crippen LogP contribution in [0.15, 0.2) is 12.7 Å². The normalized spacial score (nSPS) is 11.4. The molecule has 0 rings (SSSR count). The molecule has 0 aliphatic heterocycles. The molecule has 0 aromatic rings. The monoisotopic (exact) mass is 178 g/mol. The molecule has 0 bridgehead atoms. The van der Waals surface area contributed by atoms with Gasteiger partial charge in [0.1, 0.15) is 0 Å². The van der Waals surface area contributed by atoms with Crippen LogP contribution < -0.4 is 0 Å². The van der Waals surface area contributed by atoms with E-state index in [0.717, 1.165) is 21.4 Å². The maximum atomic E-state index is 3.70. The molecule has 0 nitrogen and oxygen atoms in total. The first-order valence-electron chi connectivity index (χ1n) is 2.78. The molecule has 0 atom stereocenters. The number of allylic oxidation sites excluding steroid dienone is 1. The Balaban J connectivity index is 3.53. The fraction of sp³-hybridized carbons (Fsp3) is 0.714. The molecule has 0 aromatic carbocycles. The van der Waals surface area contributed by atoms with Crippen molar-refractivity contribution in [2.45, 2.75) is 30.4 Å². The van der Waals surface area contributed by atoms with Gasteiger partial charge in [0.2, 0.25) is 0 Å². The first-order valence-corrected chi connectivity index (χ1v) is 5.35. The van der Waals surface area contributed by atoms with Gasteiger partial charge in [-0.3, -0.25) is 0 Å². The van der Waals surface area contributed by atoms with Crippen LogP contribution >= 0.6 is 0 Å². The van der Waals surface area contributed by atoms with Crippen molar-refractivity contribution in [1.29, 1.82) is 0 Å². The maximum absolute atomic E-state index is 3.70. The van der Waals surface area contributed by atoms with Crippen LogP contribution in [0, 0.1) is 0 Å². The fourth-order valence-electron chi connectivity index (χ4n) is 0.431. The molecule has 0 aliphatic rings. The average molecular weight is 177 g/mol. The van der Waals surface area contributed by atoms with Crippen LogP contribution in [0.5, 0.6) is 0 Å². The van der Waals surface area contributed by atoms with E-state index in [1.54, 1.807) is 0 Å². The van der Waals surface area contributed by atoms with Gasteiger partial charge in [-0.25, -0.2) is 0 Å². The van der Waals surface area contributed by atoms with E-state index in [9.17, 15) is 0 Å². The Morgan fingerprint density at radius 2 is 2.12 bits per heavy atom. The van der Waals surface area contributed by atoms with E-state index in [1.807, 2.05) is 6.08 Å². The Morgan fingerprint density at radius 3 is 2.25 bits per heavy atom. The summed E-state index contributed by atoms with van der Waals surface area (Å²) in [5.41, 5.74) is 0. The molecule has 0 heterocycles. The molecule has 1 heteroatoms. The summed E-state index contributed by atoms with van der Waals surface area (Å²) in [6.07, 6.45) is 3.16. The third-order valence-electron chi connectivity index (χ3n) is 1.19. The summed E-state index contributed by atoms with van der Waals surface area (Å²) in [4.78, 5) is 0. The van der Waals surface area contributed by atoms with Crippen LogP contribution in [0.2, 0.25) is 10.1 Å². The van der Waals surface area contributed by atoms with Gasteiger partial charge in [0.25, 0.3) is 0 Å². The van der Waals surface area contributed by atoms with E-state index >= 15 is 0 Å². The van der Waals surface area contributed by atoms with Crippen LogP contribution in [-0.2, 0) is 0 Å². The molecule has 0 spiro atoms. The summed E-state index contributed by atoms with van der Waals surface area (Å²) in [6.45, 7) is 8.28. The molecule has 0 N–H and O–H groups in total. The van der Waals surface area contributed by atoms with Crippen molar-refractivity contribution in [3.8, 4) is 0 Å². The average Bonchev–Trinajstić information content (AvgIpc) is 1.67. The van der Waals surface area contributed by atoms with Gasteiger partial charge in [0, 0.05) is 0 Å². The van der Waals surface area contributed by atoms with Gasteiger partial charge in [-0.15, -0.1) is 0 Å². The molecule has 8 heavy (non-hydrogen) atoms. The van der Waals surface area contributed by atoms with Crippen LogP contribution in [0.3, 0.4) is 0 Å². The summed E-state index contributed by atoms with van der Waals surface area (Å²) >= 11 is 0.751. The number of rotatable bonds is 3. The molecular formula is C7H14Se. The first kappa shape index (κ1) is 8.26. The van der Waals surface area contributed by atoms with E-state index in [2.05, 4.69) is 26.2 Å². The summed E-state index contributed by atoms with van der Waals surface area (Å²) < 4.78 is 0.536. The Labute approximate surface area is 58.5 Å². The van der Waals surface area contributed by atoms with Gasteiger partial charge in [-0.05, 0) is 0 Å². The van der Waals surface area contributed by atoms with E-state index < -0.39 is 0 Å². The molecule has 0 amide bonds. The van der Waals surface area contributed by atoms with E-state index in [1.165, 1.54) is 0 Å². The Morgan fingerprint density at radius 1 is 1.62 bits per heavy atom. The van der Waals surface area contributed by atoms with Crippen LogP contribution in [-0.4, -0.2) is 15.0 Å². The van der Waals surface area contributed by atoms with Crippen LogP contribution in [0.1, 0.15) is 20.3 Å². The second kappa shape index (κ2) is 3.32. The van der Waals surface area contributed by atoms with E-state index in [-0.39, 0.29) is 0 Å². The van der Waals surface area contributed by atoms with Crippen molar-refractivity contribution < 1.29 is 0 Å². The van der Waals surface area contributed by atoms with Gasteiger partial charge in [-0.2, -0.15) is 0 Å². The van der Waals surface area contributed by atoms with Gasteiger partial charge in [0.15, 0.2) is 0 Å². The van der Waals surface area contributed by atoms with Crippen molar-refractivity contribution in [2.24, 2.45) is 0 Å². The topological polar surface area (TPSA) is 0 Å². The van der Waals surface area contributed by atoms with Gasteiger partial charge < -0.3 is 0 Å². The van der Waals surface area contributed by atoms with E-state index in [4.69, 9.17) is 0 Å². The summed E-state index contributed by atoms with van der Waals surface area (Å²) in [7, 11) is 0. The predicted molar refractivity (Wildman–Crippen MR) is 40.5 cm³/mol. The molecule has 0 unspecified atom stereocenters. The molecule has 0 aromatic heterocycles. The summed E-state index contributed by atoms with van der Waals surface area (Å²) in [5, 5.41) is 0. The third kappa shape index (κ3) is 3.29. The minimum absolute atomic E-state index is 0.536. The van der Waals surface area contributed by atoms with Crippen molar-refractivity contribution >= 4 is 15.0 Å². The molecule has 0 aliphatic carbocycles. The summed E-state index contributed by atoms with van der Waals surface area (Å²) in [6, 6.07) is 0. The third-order valence-corrected chi connectivity index (χ3v) is 3.86. The predicted octanol–water partition coefficient (Wildman–Crippen LogP) is 2.51. The molecule has 48 valence electrons. The number of hydrogen-bond acceptors (Lipinski definition) is 0. The van der Waals surface area contributed by atoms with E-state index in [0.29, 0.717) is 4.31 Å². The quantitative estimate of drug-likeness (QED) is 0.459. The Hall–Kier alpha value is 0.259. The zero-order chi connectivity index (χ0) is 6.62. The zero-order valence-corrected chi connectivity index (χ0v) is 7.61. The second-order valence-corrected chi connectivity index (χ2v) is 5.63. The molecule has 0 saturated carbocycles. The molecule has 0 radical (unpaired) electrons. The first-order chi connectivity index (χ1) is 3.62. The van der Waals surface area contributed by atoms with Crippen molar-refractivity contribution in [2.75, 3.05) is 0 Å². The zero-order valence-electron chi connectivity index (χ0n) is 5.90. The van der Waals surface area contributed by atoms with Gasteiger partial charge >= 0.3 is 58.0 Å². The van der Waals surface area contributed by atoms with Gasteiger partial charge in [0.05, 0.1) is 0 Å². The molecule has 0 saturated heterocycles.